The summed E-state index contributed by atoms with van der Waals surface area (Å²) in [4.78, 5) is 23.8. The van der Waals surface area contributed by atoms with E-state index in [1.807, 2.05) is 13.1 Å². The van der Waals surface area contributed by atoms with E-state index in [1.54, 1.807) is 6.07 Å². The average molecular weight is 594 g/mol. The Morgan fingerprint density at radius 2 is 1.95 bits per heavy atom. The monoisotopic (exact) mass is 593 g/mol. The number of thiazole rings is 1. The van der Waals surface area contributed by atoms with Crippen LogP contribution in [-0.2, 0) is 0 Å². The number of alkyl halides is 1. The second-order valence-electron chi connectivity index (χ2n) is 12.1. The number of pyridine rings is 1. The number of nitrogens with two attached hydrogens (primary N) is 1. The molecule has 220 valence electrons. The summed E-state index contributed by atoms with van der Waals surface area (Å²) in [5.74, 6) is 0.979. The molecule has 42 heavy (non-hydrogen) atoms. The van der Waals surface area contributed by atoms with Gasteiger partial charge in [0.2, 0.25) is 0 Å². The highest BCUT2D eigenvalue weighted by Gasteiger charge is 2.49. The fourth-order valence-corrected chi connectivity index (χ4v) is 8.30. The van der Waals surface area contributed by atoms with Crippen molar-refractivity contribution >= 4 is 49.4 Å². The molecule has 4 aliphatic heterocycles. The van der Waals surface area contributed by atoms with E-state index in [0.717, 1.165) is 68.0 Å². The molecular weight excluding hydrogens is 560 g/mol. The predicted molar refractivity (Wildman–Crippen MR) is 161 cm³/mol. The van der Waals surface area contributed by atoms with Crippen molar-refractivity contribution in [3.05, 3.63) is 24.0 Å². The van der Waals surface area contributed by atoms with Crippen molar-refractivity contribution in [3.63, 3.8) is 0 Å². The van der Waals surface area contributed by atoms with E-state index in [4.69, 9.17) is 25.4 Å². The van der Waals surface area contributed by atoms with Gasteiger partial charge in [0.25, 0.3) is 0 Å². The van der Waals surface area contributed by atoms with Crippen molar-refractivity contribution in [2.45, 2.75) is 55.9 Å². The number of piperazine rings is 1. The van der Waals surface area contributed by atoms with Crippen molar-refractivity contribution in [1.29, 1.82) is 0 Å². The van der Waals surface area contributed by atoms with E-state index in [9.17, 15) is 8.78 Å². The Labute approximate surface area is 245 Å². The van der Waals surface area contributed by atoms with Gasteiger partial charge in [-0.15, -0.1) is 0 Å². The first-order chi connectivity index (χ1) is 20.4. The number of rotatable bonds is 6. The van der Waals surface area contributed by atoms with Gasteiger partial charge in [-0.25, -0.2) is 18.7 Å². The van der Waals surface area contributed by atoms with Gasteiger partial charge >= 0.3 is 6.01 Å². The molecule has 4 aromatic rings. The van der Waals surface area contributed by atoms with Gasteiger partial charge in [0, 0.05) is 56.3 Å². The SMILES string of the molecule is CNc1nc2c(N3CC4CCC(C3)N4)nc(OC[C@@]34CCCN3C[C@H](F)C4)nc2cc1-c1ccc(F)c2sc(N)nc12. The number of ether oxygens (including phenoxy) is 1. The van der Waals surface area contributed by atoms with Crippen molar-refractivity contribution in [2.75, 3.05) is 55.8 Å². The third-order valence-corrected chi connectivity index (χ3v) is 10.3. The van der Waals surface area contributed by atoms with E-state index in [-0.39, 0.29) is 17.4 Å². The number of hydrogen-bond acceptors (Lipinski definition) is 11. The summed E-state index contributed by atoms with van der Waals surface area (Å²) in [6.45, 7) is 3.34. The predicted octanol–water partition coefficient (Wildman–Crippen LogP) is 3.96. The summed E-state index contributed by atoms with van der Waals surface area (Å²) in [6, 6.07) is 6.14. The van der Waals surface area contributed by atoms with Crippen LogP contribution >= 0.6 is 11.3 Å². The summed E-state index contributed by atoms with van der Waals surface area (Å²) >= 11 is 1.12. The highest BCUT2D eigenvalue weighted by atomic mass is 32.1. The number of halogens is 2. The number of benzene rings is 1. The molecule has 4 aliphatic rings. The number of hydrogen-bond donors (Lipinski definition) is 3. The quantitative estimate of drug-likeness (QED) is 0.303. The molecule has 10 nitrogen and oxygen atoms in total. The number of nitrogens with zero attached hydrogens (tertiary/aromatic N) is 6. The largest absolute Gasteiger partial charge is 0.461 e. The van der Waals surface area contributed by atoms with Gasteiger partial charge in [-0.2, -0.15) is 9.97 Å². The molecule has 3 aromatic heterocycles. The molecule has 2 unspecified atom stereocenters. The molecule has 1 aromatic carbocycles. The first-order valence-corrected chi connectivity index (χ1v) is 15.5. The zero-order valence-corrected chi connectivity index (χ0v) is 24.2. The Morgan fingerprint density at radius 3 is 2.76 bits per heavy atom. The number of nitrogen functional groups attached to an aromatic ring is 1. The molecular formula is C29H33F2N9OS. The molecule has 2 bridgehead atoms. The second kappa shape index (κ2) is 9.81. The topological polar surface area (TPSA) is 117 Å². The van der Waals surface area contributed by atoms with Crippen LogP contribution in [0.3, 0.4) is 0 Å². The standard InChI is InChI=1S/C29H33F2N9OS/c1-33-25-19(18-5-6-20(31)24-22(18)37-27(32)42-24)9-21-23(36-25)26(39-12-16-3-4-17(13-39)34-16)38-28(35-21)41-14-29-7-2-8-40(29)11-15(30)10-29/h5-6,9,15-17,34H,2-4,7-8,10-14H2,1H3,(H2,32,37)(H,33,36)/t15-,16?,17?,29+/m1/s1. The van der Waals surface area contributed by atoms with E-state index < -0.39 is 6.17 Å². The minimum absolute atomic E-state index is 0.263. The number of aromatic nitrogens is 4. The molecule has 4 N–H and O–H groups in total. The maximum atomic E-state index is 14.6. The van der Waals surface area contributed by atoms with Crippen molar-refractivity contribution < 1.29 is 13.5 Å². The van der Waals surface area contributed by atoms with Crippen LogP contribution in [0.15, 0.2) is 18.2 Å². The van der Waals surface area contributed by atoms with Gasteiger partial charge in [0.05, 0.1) is 21.3 Å². The lowest BCUT2D eigenvalue weighted by atomic mass is 9.95. The van der Waals surface area contributed by atoms with Crippen LogP contribution in [-0.4, -0.2) is 88.5 Å². The maximum Gasteiger partial charge on any atom is 0.319 e. The molecule has 4 atom stereocenters. The Bertz CT molecular complexity index is 1690. The van der Waals surface area contributed by atoms with Gasteiger partial charge in [-0.3, -0.25) is 4.90 Å². The minimum Gasteiger partial charge on any atom is -0.461 e. The number of fused-ring (bicyclic) bond motifs is 5. The lowest BCUT2D eigenvalue weighted by molar-refractivity contribution is 0.107. The minimum atomic E-state index is -0.836. The Morgan fingerprint density at radius 1 is 1.12 bits per heavy atom. The zero-order valence-electron chi connectivity index (χ0n) is 23.4. The van der Waals surface area contributed by atoms with Crippen LogP contribution < -0.4 is 26.0 Å². The molecule has 0 saturated carbocycles. The number of nitrogens with one attached hydrogen (secondary N) is 2. The first-order valence-electron chi connectivity index (χ1n) is 14.7. The van der Waals surface area contributed by atoms with Crippen LogP contribution in [0.1, 0.15) is 32.1 Å². The molecule has 7 heterocycles. The van der Waals surface area contributed by atoms with Gasteiger partial charge in [-0.05, 0) is 50.4 Å². The smallest absolute Gasteiger partial charge is 0.319 e. The average Bonchev–Trinajstić information content (AvgIpc) is 3.73. The van der Waals surface area contributed by atoms with Crippen molar-refractivity contribution in [2.24, 2.45) is 0 Å². The molecule has 0 amide bonds. The van der Waals surface area contributed by atoms with Gasteiger partial charge < -0.3 is 26.0 Å². The second-order valence-corrected chi connectivity index (χ2v) is 13.1. The van der Waals surface area contributed by atoms with Crippen LogP contribution in [0, 0.1) is 5.82 Å². The molecule has 0 aliphatic carbocycles. The molecule has 4 fully saturated rings. The highest BCUT2D eigenvalue weighted by Crippen LogP contribution is 2.42. The molecule has 13 heteroatoms. The normalized spacial score (nSPS) is 27.3. The third-order valence-electron chi connectivity index (χ3n) is 9.42. The summed E-state index contributed by atoms with van der Waals surface area (Å²) in [5.41, 5.74) is 8.88. The van der Waals surface area contributed by atoms with Crippen LogP contribution in [0.2, 0.25) is 0 Å². The van der Waals surface area contributed by atoms with E-state index in [1.165, 1.54) is 6.07 Å². The van der Waals surface area contributed by atoms with Gasteiger partial charge in [0.15, 0.2) is 10.9 Å². The molecule has 0 radical (unpaired) electrons. The summed E-state index contributed by atoms with van der Waals surface area (Å²) in [7, 11) is 1.81. The molecule has 4 saturated heterocycles. The third kappa shape index (κ3) is 4.23. The fraction of sp³-hybridized carbons (Fsp3) is 0.517. The zero-order chi connectivity index (χ0) is 28.6. The Balaban J connectivity index is 1.25. The van der Waals surface area contributed by atoms with Gasteiger partial charge in [0.1, 0.15) is 29.9 Å². The maximum absolute atomic E-state index is 14.6. The van der Waals surface area contributed by atoms with Gasteiger partial charge in [-0.1, -0.05) is 11.3 Å². The Kier molecular flexibility index (Phi) is 6.13. The van der Waals surface area contributed by atoms with E-state index >= 15 is 0 Å². The van der Waals surface area contributed by atoms with Crippen LogP contribution in [0.4, 0.5) is 25.5 Å². The number of anilines is 3. The summed E-state index contributed by atoms with van der Waals surface area (Å²) in [6.07, 6.45) is 3.85. The van der Waals surface area contributed by atoms with Crippen molar-refractivity contribution in [3.8, 4) is 17.1 Å². The van der Waals surface area contributed by atoms with Crippen molar-refractivity contribution in [1.82, 2.24) is 30.2 Å². The van der Waals surface area contributed by atoms with E-state index in [2.05, 4.69) is 25.4 Å². The lowest BCUT2D eigenvalue weighted by Gasteiger charge is -2.34. The van der Waals surface area contributed by atoms with Crippen LogP contribution in [0.5, 0.6) is 6.01 Å². The molecule has 0 spiro atoms. The fourth-order valence-electron chi connectivity index (χ4n) is 7.53. The summed E-state index contributed by atoms with van der Waals surface area (Å²) < 4.78 is 35.8. The lowest BCUT2D eigenvalue weighted by Crippen LogP contribution is -2.51. The van der Waals surface area contributed by atoms with Crippen LogP contribution in [0.25, 0.3) is 32.4 Å². The molecule has 8 rings (SSSR count). The summed E-state index contributed by atoms with van der Waals surface area (Å²) in [5, 5.41) is 7.20. The Hall–Kier alpha value is -3.42. The van der Waals surface area contributed by atoms with E-state index in [0.29, 0.717) is 69.4 Å². The highest BCUT2D eigenvalue weighted by molar-refractivity contribution is 7.22. The first kappa shape index (κ1) is 26.2.